The second kappa shape index (κ2) is 4.90. The maximum absolute atomic E-state index is 10.6. The van der Waals surface area contributed by atoms with Crippen LogP contribution in [0.3, 0.4) is 0 Å². The number of hydrogen-bond acceptors (Lipinski definition) is 1. The standard InChI is InChI=1S/C17H17NO/c1-2-12-9-6-10-15-16(12)14(11-18-15)17(19)13-7-4-3-5-8-13/h3-11,17-19H,2H2,1H3. The molecule has 0 bridgehead atoms. The van der Waals surface area contributed by atoms with Gasteiger partial charge < -0.3 is 10.1 Å². The van der Waals surface area contributed by atoms with E-state index in [1.54, 1.807) is 0 Å². The fourth-order valence-corrected chi connectivity index (χ4v) is 2.61. The van der Waals surface area contributed by atoms with Crippen LogP contribution >= 0.6 is 0 Å². The lowest BCUT2D eigenvalue weighted by molar-refractivity contribution is 0.222. The molecule has 2 heteroatoms. The zero-order chi connectivity index (χ0) is 13.2. The van der Waals surface area contributed by atoms with E-state index in [0.29, 0.717) is 0 Å². The van der Waals surface area contributed by atoms with E-state index in [0.717, 1.165) is 28.5 Å². The molecule has 0 aliphatic heterocycles. The highest BCUT2D eigenvalue weighted by Crippen LogP contribution is 2.31. The zero-order valence-corrected chi connectivity index (χ0v) is 10.9. The average molecular weight is 251 g/mol. The van der Waals surface area contributed by atoms with Gasteiger partial charge in [-0.2, -0.15) is 0 Å². The molecule has 1 aromatic heterocycles. The maximum Gasteiger partial charge on any atom is 0.106 e. The lowest BCUT2D eigenvalue weighted by Gasteiger charge is -2.11. The van der Waals surface area contributed by atoms with E-state index in [1.807, 2.05) is 36.5 Å². The number of fused-ring (bicyclic) bond motifs is 1. The average Bonchev–Trinajstić information content (AvgIpc) is 2.91. The molecule has 19 heavy (non-hydrogen) atoms. The number of aromatic nitrogens is 1. The number of benzene rings is 2. The minimum absolute atomic E-state index is 0.581. The summed E-state index contributed by atoms with van der Waals surface area (Å²) in [4.78, 5) is 3.25. The molecule has 1 unspecified atom stereocenters. The monoisotopic (exact) mass is 251 g/mol. The molecule has 0 amide bonds. The maximum atomic E-state index is 10.6. The van der Waals surface area contributed by atoms with Crippen LogP contribution in [-0.2, 0) is 6.42 Å². The van der Waals surface area contributed by atoms with Crippen molar-refractivity contribution < 1.29 is 5.11 Å². The van der Waals surface area contributed by atoms with Crippen molar-refractivity contribution in [1.82, 2.24) is 4.98 Å². The van der Waals surface area contributed by atoms with E-state index in [4.69, 9.17) is 0 Å². The second-order valence-electron chi connectivity index (χ2n) is 4.75. The second-order valence-corrected chi connectivity index (χ2v) is 4.75. The topological polar surface area (TPSA) is 36.0 Å². The van der Waals surface area contributed by atoms with Crippen LogP contribution in [0.1, 0.15) is 29.7 Å². The Morgan fingerprint density at radius 1 is 1.05 bits per heavy atom. The zero-order valence-electron chi connectivity index (χ0n) is 10.9. The summed E-state index contributed by atoms with van der Waals surface area (Å²) in [6.45, 7) is 2.14. The number of nitrogens with one attached hydrogen (secondary N) is 1. The van der Waals surface area contributed by atoms with Gasteiger partial charge in [0.05, 0.1) is 0 Å². The largest absolute Gasteiger partial charge is 0.384 e. The number of aryl methyl sites for hydroxylation is 1. The molecule has 3 aromatic rings. The normalized spacial score (nSPS) is 12.7. The van der Waals surface area contributed by atoms with Crippen LogP contribution < -0.4 is 0 Å². The summed E-state index contributed by atoms with van der Waals surface area (Å²) < 4.78 is 0. The van der Waals surface area contributed by atoms with Crippen LogP contribution in [0.25, 0.3) is 10.9 Å². The number of H-pyrrole nitrogens is 1. The molecule has 2 aromatic carbocycles. The first-order valence-electron chi connectivity index (χ1n) is 6.63. The van der Waals surface area contributed by atoms with Crippen LogP contribution in [0, 0.1) is 0 Å². The van der Waals surface area contributed by atoms with Gasteiger partial charge >= 0.3 is 0 Å². The number of aliphatic hydroxyl groups excluding tert-OH is 1. The Hall–Kier alpha value is -2.06. The lowest BCUT2D eigenvalue weighted by atomic mass is 9.97. The van der Waals surface area contributed by atoms with Crippen LogP contribution in [0.4, 0.5) is 0 Å². The van der Waals surface area contributed by atoms with Gasteiger partial charge in [0.1, 0.15) is 6.10 Å². The summed E-state index contributed by atoms with van der Waals surface area (Å²) in [5.74, 6) is 0. The van der Waals surface area contributed by atoms with E-state index in [-0.39, 0.29) is 0 Å². The highest BCUT2D eigenvalue weighted by Gasteiger charge is 2.16. The first-order valence-corrected chi connectivity index (χ1v) is 6.63. The Bertz CT molecular complexity index is 685. The number of rotatable bonds is 3. The quantitative estimate of drug-likeness (QED) is 0.729. The third kappa shape index (κ3) is 2.04. The van der Waals surface area contributed by atoms with E-state index in [9.17, 15) is 5.11 Å². The number of hydrogen-bond donors (Lipinski definition) is 2. The van der Waals surface area contributed by atoms with Crippen molar-refractivity contribution in [1.29, 1.82) is 0 Å². The molecular formula is C17H17NO. The molecule has 0 aliphatic carbocycles. The van der Waals surface area contributed by atoms with Gasteiger partial charge in [-0.05, 0) is 23.6 Å². The Kier molecular flexibility index (Phi) is 3.10. The minimum atomic E-state index is -0.581. The smallest absolute Gasteiger partial charge is 0.106 e. The summed E-state index contributed by atoms with van der Waals surface area (Å²) >= 11 is 0. The minimum Gasteiger partial charge on any atom is -0.384 e. The Morgan fingerprint density at radius 2 is 1.84 bits per heavy atom. The van der Waals surface area contributed by atoms with Gasteiger partial charge in [-0.3, -0.25) is 0 Å². The molecule has 0 saturated carbocycles. The highest BCUT2D eigenvalue weighted by molar-refractivity contribution is 5.87. The van der Waals surface area contributed by atoms with Crippen molar-refractivity contribution in [2.45, 2.75) is 19.4 Å². The summed E-state index contributed by atoms with van der Waals surface area (Å²) in [6, 6.07) is 16.0. The third-order valence-electron chi connectivity index (χ3n) is 3.61. The Morgan fingerprint density at radius 3 is 2.58 bits per heavy atom. The molecule has 3 rings (SSSR count). The summed E-state index contributed by atoms with van der Waals surface area (Å²) in [7, 11) is 0. The number of aromatic amines is 1. The van der Waals surface area contributed by atoms with E-state index < -0.39 is 6.10 Å². The number of aliphatic hydroxyl groups is 1. The SMILES string of the molecule is CCc1cccc2[nH]cc(C(O)c3ccccc3)c12. The fourth-order valence-electron chi connectivity index (χ4n) is 2.61. The molecule has 0 aliphatic rings. The van der Waals surface area contributed by atoms with Crippen LogP contribution in [0.15, 0.2) is 54.7 Å². The van der Waals surface area contributed by atoms with Crippen molar-refractivity contribution in [3.63, 3.8) is 0 Å². The lowest BCUT2D eigenvalue weighted by Crippen LogP contribution is -1.99. The molecule has 1 atom stereocenters. The molecule has 2 N–H and O–H groups in total. The van der Waals surface area contributed by atoms with Crippen LogP contribution in [-0.4, -0.2) is 10.1 Å². The van der Waals surface area contributed by atoms with E-state index in [1.165, 1.54) is 5.56 Å². The molecule has 96 valence electrons. The third-order valence-corrected chi connectivity index (χ3v) is 3.61. The highest BCUT2D eigenvalue weighted by atomic mass is 16.3. The molecule has 2 nitrogen and oxygen atoms in total. The molecule has 0 radical (unpaired) electrons. The van der Waals surface area contributed by atoms with Gasteiger partial charge in [-0.25, -0.2) is 0 Å². The van der Waals surface area contributed by atoms with Crippen LogP contribution in [0.2, 0.25) is 0 Å². The molecule has 0 fully saturated rings. The fraction of sp³-hybridized carbons (Fsp3) is 0.176. The van der Waals surface area contributed by atoms with Crippen molar-refractivity contribution in [3.05, 3.63) is 71.4 Å². The van der Waals surface area contributed by atoms with Crippen molar-refractivity contribution in [3.8, 4) is 0 Å². The van der Waals surface area contributed by atoms with Gasteiger partial charge in [0, 0.05) is 22.7 Å². The predicted octanol–water partition coefficient (Wildman–Crippen LogP) is 3.81. The molecule has 0 saturated heterocycles. The van der Waals surface area contributed by atoms with Crippen LogP contribution in [0.5, 0.6) is 0 Å². The van der Waals surface area contributed by atoms with E-state index in [2.05, 4.69) is 30.1 Å². The first kappa shape index (κ1) is 12.0. The van der Waals surface area contributed by atoms with Gasteiger partial charge in [0.2, 0.25) is 0 Å². The molecule has 1 heterocycles. The van der Waals surface area contributed by atoms with Crippen molar-refractivity contribution in [2.75, 3.05) is 0 Å². The van der Waals surface area contributed by atoms with Gasteiger partial charge in [0.15, 0.2) is 0 Å². The van der Waals surface area contributed by atoms with E-state index >= 15 is 0 Å². The first-order chi connectivity index (χ1) is 9.31. The van der Waals surface area contributed by atoms with Gasteiger partial charge in [-0.15, -0.1) is 0 Å². The Balaban J connectivity index is 2.15. The predicted molar refractivity (Wildman–Crippen MR) is 78.2 cm³/mol. The van der Waals surface area contributed by atoms with Gasteiger partial charge in [0.25, 0.3) is 0 Å². The summed E-state index contributed by atoms with van der Waals surface area (Å²) in [6.07, 6.45) is 2.30. The Labute approximate surface area is 112 Å². The van der Waals surface area contributed by atoms with Gasteiger partial charge in [-0.1, -0.05) is 49.4 Å². The molecular weight excluding hydrogens is 234 g/mol. The summed E-state index contributed by atoms with van der Waals surface area (Å²) in [5, 5.41) is 11.7. The molecule has 0 spiro atoms. The van der Waals surface area contributed by atoms with Crippen molar-refractivity contribution >= 4 is 10.9 Å². The summed E-state index contributed by atoms with van der Waals surface area (Å²) in [5.41, 5.74) is 4.24. The van der Waals surface area contributed by atoms with Crippen molar-refractivity contribution in [2.24, 2.45) is 0 Å².